The Morgan fingerprint density at radius 1 is 0.735 bits per heavy atom. The molecule has 0 unspecified atom stereocenters. The molecule has 0 spiro atoms. The van der Waals surface area contributed by atoms with E-state index in [1.54, 1.807) is 72.8 Å². The van der Waals surface area contributed by atoms with Crippen LogP contribution >= 0.6 is 0 Å². The van der Waals surface area contributed by atoms with Crippen molar-refractivity contribution >= 4 is 17.4 Å². The molecule has 0 saturated carbocycles. The Labute approximate surface area is 195 Å². The highest BCUT2D eigenvalue weighted by molar-refractivity contribution is 6.14. The van der Waals surface area contributed by atoms with Crippen molar-refractivity contribution in [3.05, 3.63) is 135 Å². The van der Waals surface area contributed by atoms with Crippen LogP contribution in [0.15, 0.2) is 103 Å². The minimum Gasteiger partial charge on any atom is -0.457 e. The summed E-state index contributed by atoms with van der Waals surface area (Å²) in [4.78, 5) is 35.9. The summed E-state index contributed by atoms with van der Waals surface area (Å²) in [5, 5.41) is 10.8. The molecule has 168 valence electrons. The molecule has 0 bridgehead atoms. The minimum absolute atomic E-state index is 0.0237. The van der Waals surface area contributed by atoms with E-state index < -0.39 is 10.9 Å². The average molecular weight is 453 g/mol. The lowest BCUT2D eigenvalue weighted by Crippen LogP contribution is -2.12. The van der Waals surface area contributed by atoms with Crippen molar-refractivity contribution < 1.29 is 24.0 Å². The van der Waals surface area contributed by atoms with Gasteiger partial charge in [-0.2, -0.15) is 0 Å². The molecule has 7 heteroatoms. The van der Waals surface area contributed by atoms with Crippen LogP contribution < -0.4 is 4.74 Å². The summed E-state index contributed by atoms with van der Waals surface area (Å²) in [5.74, 6) is 0.0587. The zero-order valence-electron chi connectivity index (χ0n) is 17.9. The molecule has 0 amide bonds. The molecule has 7 nitrogen and oxygen atoms in total. The number of nitro benzene ring substituents is 1. The van der Waals surface area contributed by atoms with Crippen molar-refractivity contribution in [2.45, 2.75) is 6.61 Å². The molecule has 0 atom stereocenters. The predicted octanol–water partition coefficient (Wildman–Crippen LogP) is 5.98. The highest BCUT2D eigenvalue weighted by atomic mass is 16.6. The van der Waals surface area contributed by atoms with E-state index in [2.05, 4.69) is 0 Å². The first kappa shape index (κ1) is 22.4. The summed E-state index contributed by atoms with van der Waals surface area (Å²) in [6.07, 6.45) is 0. The number of esters is 1. The van der Waals surface area contributed by atoms with Gasteiger partial charge in [0, 0.05) is 23.3 Å². The number of rotatable bonds is 8. The van der Waals surface area contributed by atoms with Crippen molar-refractivity contribution in [2.75, 3.05) is 0 Å². The quantitative estimate of drug-likeness (QED) is 0.141. The summed E-state index contributed by atoms with van der Waals surface area (Å²) in [5.41, 5.74) is 1.60. The first-order chi connectivity index (χ1) is 16.5. The van der Waals surface area contributed by atoms with E-state index in [0.717, 1.165) is 0 Å². The molecule has 0 N–H and O–H groups in total. The molecule has 4 aromatic carbocycles. The Balaban J connectivity index is 1.44. The normalized spacial score (nSPS) is 10.4. The van der Waals surface area contributed by atoms with Crippen LogP contribution in [0, 0.1) is 10.1 Å². The molecule has 0 aliphatic rings. The van der Waals surface area contributed by atoms with Crippen LogP contribution in [0.5, 0.6) is 11.5 Å². The fraction of sp³-hybridized carbons (Fsp3) is 0.0370. The highest BCUT2D eigenvalue weighted by Crippen LogP contribution is 2.25. The van der Waals surface area contributed by atoms with Crippen molar-refractivity contribution in [3.8, 4) is 11.5 Å². The summed E-state index contributed by atoms with van der Waals surface area (Å²) < 4.78 is 11.2. The second kappa shape index (κ2) is 10.2. The van der Waals surface area contributed by atoms with E-state index in [4.69, 9.17) is 9.47 Å². The number of ketones is 1. The van der Waals surface area contributed by atoms with Gasteiger partial charge in [-0.15, -0.1) is 0 Å². The highest BCUT2D eigenvalue weighted by Gasteiger charge is 2.19. The van der Waals surface area contributed by atoms with Gasteiger partial charge in [0.15, 0.2) is 5.78 Å². The number of ether oxygens (including phenoxy) is 2. The van der Waals surface area contributed by atoms with Crippen LogP contribution in [0.1, 0.15) is 31.8 Å². The topological polar surface area (TPSA) is 95.7 Å². The Morgan fingerprint density at radius 3 is 2.12 bits per heavy atom. The average Bonchev–Trinajstić information content (AvgIpc) is 2.88. The van der Waals surface area contributed by atoms with Crippen molar-refractivity contribution in [3.63, 3.8) is 0 Å². The van der Waals surface area contributed by atoms with Gasteiger partial charge in [-0.1, -0.05) is 60.7 Å². The molecule has 0 aliphatic carbocycles. The van der Waals surface area contributed by atoms with Crippen LogP contribution in [0.3, 0.4) is 0 Å². The number of carbonyl (C=O) groups excluding carboxylic acids is 2. The van der Waals surface area contributed by atoms with Crippen molar-refractivity contribution in [1.82, 2.24) is 0 Å². The van der Waals surface area contributed by atoms with Gasteiger partial charge >= 0.3 is 5.97 Å². The second-order valence-corrected chi connectivity index (χ2v) is 7.32. The third-order valence-corrected chi connectivity index (χ3v) is 4.98. The zero-order chi connectivity index (χ0) is 23.9. The Bertz CT molecular complexity index is 1330. The van der Waals surface area contributed by atoms with E-state index in [-0.39, 0.29) is 29.2 Å². The van der Waals surface area contributed by atoms with Crippen LogP contribution in [0.4, 0.5) is 5.69 Å². The van der Waals surface area contributed by atoms with Crippen LogP contribution in [-0.4, -0.2) is 16.7 Å². The maximum absolute atomic E-state index is 12.9. The Hall–Kier alpha value is -4.78. The Morgan fingerprint density at radius 2 is 1.41 bits per heavy atom. The third kappa shape index (κ3) is 5.34. The van der Waals surface area contributed by atoms with Crippen LogP contribution in [-0.2, 0) is 11.3 Å². The maximum atomic E-state index is 12.9. The molecule has 34 heavy (non-hydrogen) atoms. The second-order valence-electron chi connectivity index (χ2n) is 7.32. The van der Waals surface area contributed by atoms with E-state index in [1.165, 1.54) is 24.3 Å². The summed E-state index contributed by atoms with van der Waals surface area (Å²) in [6, 6.07) is 27.9. The van der Waals surface area contributed by atoms with Crippen molar-refractivity contribution in [1.29, 1.82) is 0 Å². The molecular weight excluding hydrogens is 434 g/mol. The number of nitrogens with zero attached hydrogens (tertiary/aromatic N) is 1. The molecule has 0 aliphatic heterocycles. The first-order valence-electron chi connectivity index (χ1n) is 10.4. The molecule has 4 aromatic rings. The van der Waals surface area contributed by atoms with Crippen LogP contribution in [0.2, 0.25) is 0 Å². The van der Waals surface area contributed by atoms with Gasteiger partial charge < -0.3 is 9.47 Å². The Kier molecular flexibility index (Phi) is 6.74. The van der Waals surface area contributed by atoms with Gasteiger partial charge in [-0.05, 0) is 35.9 Å². The van der Waals surface area contributed by atoms with Gasteiger partial charge in [0.2, 0.25) is 0 Å². The lowest BCUT2D eigenvalue weighted by Gasteiger charge is -2.10. The van der Waals surface area contributed by atoms with E-state index in [0.29, 0.717) is 22.6 Å². The number of hydrogen-bond donors (Lipinski definition) is 0. The van der Waals surface area contributed by atoms with Crippen molar-refractivity contribution in [2.24, 2.45) is 0 Å². The van der Waals surface area contributed by atoms with E-state index >= 15 is 0 Å². The maximum Gasteiger partial charge on any atom is 0.339 e. The lowest BCUT2D eigenvalue weighted by molar-refractivity contribution is -0.384. The molecule has 0 saturated heterocycles. The van der Waals surface area contributed by atoms with E-state index in [1.807, 2.05) is 6.07 Å². The van der Waals surface area contributed by atoms with Gasteiger partial charge in [0.05, 0.1) is 10.5 Å². The van der Waals surface area contributed by atoms with Gasteiger partial charge in [-0.25, -0.2) is 4.79 Å². The summed E-state index contributed by atoms with van der Waals surface area (Å²) >= 11 is 0. The van der Waals surface area contributed by atoms with Gasteiger partial charge in [0.25, 0.3) is 5.69 Å². The number of nitro groups is 1. The number of hydrogen-bond acceptors (Lipinski definition) is 6. The van der Waals surface area contributed by atoms with Gasteiger partial charge in [-0.3, -0.25) is 14.9 Å². The summed E-state index contributed by atoms with van der Waals surface area (Å²) in [7, 11) is 0. The molecule has 0 radical (unpaired) electrons. The molecule has 0 fully saturated rings. The fourth-order valence-electron chi connectivity index (χ4n) is 3.30. The summed E-state index contributed by atoms with van der Waals surface area (Å²) in [6.45, 7) is -0.0237. The molecule has 0 heterocycles. The fourth-order valence-corrected chi connectivity index (χ4v) is 3.30. The smallest absolute Gasteiger partial charge is 0.339 e. The molecule has 4 rings (SSSR count). The number of benzene rings is 4. The first-order valence-corrected chi connectivity index (χ1v) is 10.4. The third-order valence-electron chi connectivity index (χ3n) is 4.98. The lowest BCUT2D eigenvalue weighted by atomic mass is 9.98. The molecular formula is C27H19NO6. The largest absolute Gasteiger partial charge is 0.457 e. The molecule has 0 aromatic heterocycles. The zero-order valence-corrected chi connectivity index (χ0v) is 17.9. The van der Waals surface area contributed by atoms with Crippen LogP contribution in [0.25, 0.3) is 0 Å². The minimum atomic E-state index is -0.610. The SMILES string of the molecule is O=C(OCc1cccc(Oc2ccc([N+](=O)[O-])cc2)c1)c1ccccc1C(=O)c1ccccc1. The standard InChI is InChI=1S/C27H19NO6/c29-26(20-8-2-1-3-9-20)24-11-4-5-12-25(24)27(30)33-18-19-7-6-10-23(17-19)34-22-15-13-21(14-16-22)28(31)32/h1-17H,18H2. The number of carbonyl (C=O) groups is 2. The van der Waals surface area contributed by atoms with E-state index in [9.17, 15) is 19.7 Å². The monoisotopic (exact) mass is 453 g/mol. The number of non-ortho nitro benzene ring substituents is 1. The predicted molar refractivity (Wildman–Crippen MR) is 125 cm³/mol. The van der Waals surface area contributed by atoms with Gasteiger partial charge in [0.1, 0.15) is 18.1 Å².